The molecule has 0 saturated carbocycles. The molecule has 0 aromatic rings. The van der Waals surface area contributed by atoms with E-state index in [1.54, 1.807) is 0 Å². The average molecular weight is 333 g/mol. The van der Waals surface area contributed by atoms with Crippen molar-refractivity contribution < 1.29 is 125 Å². The third kappa shape index (κ3) is 50.8. The van der Waals surface area contributed by atoms with E-state index >= 15 is 0 Å². The van der Waals surface area contributed by atoms with E-state index in [1.807, 2.05) is 0 Å². The van der Waals surface area contributed by atoms with Crippen molar-refractivity contribution in [1.29, 1.82) is 0 Å². The zero-order valence-corrected chi connectivity index (χ0v) is 19.1. The molecule has 0 aliphatic rings. The van der Waals surface area contributed by atoms with Crippen LogP contribution in [0.4, 0.5) is 0 Å². The van der Waals surface area contributed by atoms with E-state index in [-0.39, 0.29) is 103 Å². The molecule has 8 heteroatoms. The molecule has 100 valence electrons. The van der Waals surface area contributed by atoms with Gasteiger partial charge in [0.1, 0.15) is 0 Å². The molecule has 0 aliphatic carbocycles. The first-order valence-corrected chi connectivity index (χ1v) is 6.88. The quantitative estimate of drug-likeness (QED) is 0.220. The molecule has 0 fully saturated rings. The second kappa shape index (κ2) is 20.1. The molecule has 0 aromatic heterocycles. The van der Waals surface area contributed by atoms with Crippen LogP contribution >= 0.6 is 0 Å². The summed E-state index contributed by atoms with van der Waals surface area (Å²) in [6, 6.07) is 0. The van der Waals surface area contributed by atoms with E-state index < -0.39 is 10.4 Å². The fourth-order valence-corrected chi connectivity index (χ4v) is 1.19. The summed E-state index contributed by atoms with van der Waals surface area (Å²) in [5.41, 5.74) is 0. The molecule has 0 aromatic carbocycles. The smallest absolute Gasteiger partial charge is 0.759 e. The van der Waals surface area contributed by atoms with Crippen LogP contribution < -0.4 is 103 Å². The Morgan fingerprint density at radius 1 is 0.944 bits per heavy atom. The van der Waals surface area contributed by atoms with Gasteiger partial charge in [0.15, 0.2) is 0 Å². The van der Waals surface area contributed by atoms with Gasteiger partial charge in [-0.1, -0.05) is 46.0 Å². The van der Waals surface area contributed by atoms with Crippen molar-refractivity contribution in [2.75, 3.05) is 6.61 Å². The molecule has 0 amide bonds. The van der Waals surface area contributed by atoms with Crippen molar-refractivity contribution in [3.8, 4) is 0 Å². The van der Waals surface area contributed by atoms with E-state index in [9.17, 15) is 0 Å². The Morgan fingerprint density at radius 2 is 1.28 bits per heavy atom. The molecule has 0 rings (SSSR count). The molecule has 0 saturated heterocycles. The number of aliphatic hydroxyl groups excluding tert-OH is 1. The summed E-state index contributed by atoms with van der Waals surface area (Å²) >= 11 is 0. The van der Waals surface area contributed by atoms with E-state index in [2.05, 4.69) is 13.8 Å². The maximum atomic E-state index is 8.52. The summed E-state index contributed by atoms with van der Waals surface area (Å²) in [7, 11) is -5.17. The Hall–Kier alpha value is 3.10. The topological polar surface area (TPSA) is 100 Å². The van der Waals surface area contributed by atoms with Gasteiger partial charge in [-0.2, -0.15) is 0 Å². The molecule has 0 spiro atoms. The first-order chi connectivity index (χ1) is 7.27. The third-order valence-corrected chi connectivity index (χ3v) is 1.94. The Bertz CT molecular complexity index is 224. The van der Waals surface area contributed by atoms with Gasteiger partial charge in [0.25, 0.3) is 0 Å². The van der Waals surface area contributed by atoms with Crippen LogP contribution in [0.15, 0.2) is 0 Å². The molecule has 0 radical (unpaired) electrons. The molecule has 0 bridgehead atoms. The van der Waals surface area contributed by atoms with Crippen molar-refractivity contribution >= 4 is 10.4 Å². The summed E-state index contributed by atoms with van der Waals surface area (Å²) in [6.07, 6.45) is 7.56. The van der Waals surface area contributed by atoms with Gasteiger partial charge < -0.3 is 14.2 Å². The molecule has 1 N–H and O–H groups in total. The van der Waals surface area contributed by atoms with Gasteiger partial charge in [0, 0.05) is 17.0 Å². The van der Waals surface area contributed by atoms with Crippen LogP contribution in [0, 0.1) is 5.92 Å². The van der Waals surface area contributed by atoms with E-state index in [0.717, 1.165) is 12.3 Å². The third-order valence-electron chi connectivity index (χ3n) is 1.94. The van der Waals surface area contributed by atoms with E-state index in [1.165, 1.54) is 32.1 Å². The summed E-state index contributed by atoms with van der Waals surface area (Å²) in [5, 5.41) is 8.51. The molecular weight excluding hydrogens is 310 g/mol. The molecule has 0 atom stereocenters. The number of hydrogen-bond acceptors (Lipinski definition) is 5. The van der Waals surface area contributed by atoms with Crippen LogP contribution in [0.25, 0.3) is 0 Å². The van der Waals surface area contributed by atoms with Gasteiger partial charge in [0.05, 0.1) is 0 Å². The van der Waals surface area contributed by atoms with Gasteiger partial charge in [-0.05, 0) is 12.3 Å². The summed E-state index contributed by atoms with van der Waals surface area (Å²) in [5.74, 6) is 0.854. The average Bonchev–Trinajstić information content (AvgIpc) is 2.08. The van der Waals surface area contributed by atoms with E-state index in [4.69, 9.17) is 22.6 Å². The summed E-state index contributed by atoms with van der Waals surface area (Å²) in [4.78, 5) is 0. The molecule has 0 aliphatic heterocycles. The van der Waals surface area contributed by atoms with Gasteiger partial charge in [-0.15, -0.1) is 0 Å². The normalized spacial score (nSPS) is 9.89. The van der Waals surface area contributed by atoms with Crippen LogP contribution in [-0.2, 0) is 10.4 Å². The largest absolute Gasteiger partial charge is 1.00 e. The second-order valence-corrected chi connectivity index (χ2v) is 4.90. The SMILES string of the molecule is CC(C)CCCCCCCO.O=S(=O)([O-])[O-].[K+].[K+]. The standard InChI is InChI=1S/C10H22O.2K.H2O4S/c1-10(2)8-6-4-3-5-7-9-11;;;1-5(2,3)4/h10-11H,3-9H2,1-2H3;;;(H2,1,2,3,4)/q;2*+1;/p-2. The van der Waals surface area contributed by atoms with Gasteiger partial charge in [-0.25, -0.2) is 0 Å². The monoisotopic (exact) mass is 332 g/mol. The van der Waals surface area contributed by atoms with Crippen molar-refractivity contribution in [1.82, 2.24) is 0 Å². The van der Waals surface area contributed by atoms with Crippen LogP contribution in [0.5, 0.6) is 0 Å². The van der Waals surface area contributed by atoms with Crippen molar-refractivity contribution in [3.05, 3.63) is 0 Å². The van der Waals surface area contributed by atoms with Crippen LogP contribution in [-0.4, -0.2) is 29.2 Å². The number of hydrogen-bond donors (Lipinski definition) is 1. The fraction of sp³-hybridized carbons (Fsp3) is 1.00. The number of aliphatic hydroxyl groups is 1. The number of rotatable bonds is 7. The minimum atomic E-state index is -5.17. The Morgan fingerprint density at radius 3 is 1.61 bits per heavy atom. The Kier molecular flexibility index (Phi) is 32.6. The Labute approximate surface area is 196 Å². The zero-order valence-electron chi connectivity index (χ0n) is 12.0. The summed E-state index contributed by atoms with van der Waals surface area (Å²) in [6.45, 7) is 4.91. The first kappa shape index (κ1) is 29.2. The van der Waals surface area contributed by atoms with Crippen molar-refractivity contribution in [3.63, 3.8) is 0 Å². The van der Waals surface area contributed by atoms with Crippen LogP contribution in [0.2, 0.25) is 0 Å². The molecular formula is C10H22K2O5S. The predicted molar refractivity (Wildman–Crippen MR) is 60.1 cm³/mol. The van der Waals surface area contributed by atoms with Gasteiger partial charge in [-0.3, -0.25) is 8.42 Å². The molecule has 0 unspecified atom stereocenters. The minimum absolute atomic E-state index is 0. The van der Waals surface area contributed by atoms with Crippen LogP contribution in [0.1, 0.15) is 52.4 Å². The second-order valence-electron chi connectivity index (χ2n) is 4.08. The maximum absolute atomic E-state index is 8.52. The van der Waals surface area contributed by atoms with E-state index in [0.29, 0.717) is 6.61 Å². The first-order valence-electron chi connectivity index (χ1n) is 5.55. The van der Waals surface area contributed by atoms with Crippen LogP contribution in [0.3, 0.4) is 0 Å². The minimum Gasteiger partial charge on any atom is -0.759 e. The molecule has 5 nitrogen and oxygen atoms in total. The van der Waals surface area contributed by atoms with Crippen molar-refractivity contribution in [2.45, 2.75) is 52.4 Å². The predicted octanol–water partition coefficient (Wildman–Crippen LogP) is -4.35. The fourth-order valence-electron chi connectivity index (χ4n) is 1.19. The maximum Gasteiger partial charge on any atom is 1.00 e. The van der Waals surface area contributed by atoms with Gasteiger partial charge in [0.2, 0.25) is 0 Å². The Balaban J connectivity index is -0.000000122. The number of unbranched alkanes of at least 4 members (excludes halogenated alkanes) is 4. The van der Waals surface area contributed by atoms with Crippen molar-refractivity contribution in [2.24, 2.45) is 5.92 Å². The summed E-state index contributed by atoms with van der Waals surface area (Å²) < 4.78 is 34.1. The zero-order chi connectivity index (χ0) is 13.0. The molecule has 0 heterocycles. The van der Waals surface area contributed by atoms with Gasteiger partial charge >= 0.3 is 103 Å². The molecule has 18 heavy (non-hydrogen) atoms.